The van der Waals surface area contributed by atoms with Crippen LogP contribution in [0.4, 0.5) is 9.18 Å². The molecule has 3 fully saturated rings. The molecule has 2 unspecified atom stereocenters. The summed E-state index contributed by atoms with van der Waals surface area (Å²) < 4.78 is 30.4. The summed E-state index contributed by atoms with van der Waals surface area (Å²) in [4.78, 5) is 88.8. The number of nitrogens with one attached hydrogen (secondary N) is 1. The molecule has 16 heteroatoms. The van der Waals surface area contributed by atoms with Gasteiger partial charge in [0.2, 0.25) is 11.8 Å². The van der Waals surface area contributed by atoms with E-state index in [4.69, 9.17) is 14.2 Å². The number of hydrogen-bond acceptors (Lipinski definition) is 10. The monoisotopic (exact) mass is 712 g/mol. The van der Waals surface area contributed by atoms with Gasteiger partial charge in [0, 0.05) is 69.8 Å². The summed E-state index contributed by atoms with van der Waals surface area (Å²) >= 11 is 0. The highest BCUT2D eigenvalue weighted by atomic mass is 19.1. The third kappa shape index (κ3) is 9.21. The van der Waals surface area contributed by atoms with Crippen LogP contribution >= 0.6 is 0 Å². The number of hydrogen-bond donors (Lipinski definition) is 1. The number of piperazine rings is 1. The second-order valence-corrected chi connectivity index (χ2v) is 12.6. The standard InChI is InChI=1S/C35H45FN6O9/c1-3-49-31(44)12-11-25(33(46)40-16-18-41(19-17-40)35(48)50-4-2)38-32(45)27-21-29(24-10-9-23(36)20-26(24)37-27)51-22-30(43)42-15-7-8-28(42)34(47)39-13-5-6-14-39/h9-10,20-21,25,28H,3-8,11-19,22H2,1-2H3,(H,38,45). The predicted octanol–water partition coefficient (Wildman–Crippen LogP) is 2.11. The fourth-order valence-electron chi connectivity index (χ4n) is 6.63. The second kappa shape index (κ2) is 17.3. The van der Waals surface area contributed by atoms with Crippen molar-refractivity contribution in [2.45, 2.75) is 64.5 Å². The molecular formula is C35H45FN6O9. The zero-order valence-electron chi connectivity index (χ0n) is 29.1. The summed E-state index contributed by atoms with van der Waals surface area (Å²) in [6, 6.07) is 3.35. The van der Waals surface area contributed by atoms with Gasteiger partial charge in [-0.3, -0.25) is 24.0 Å². The molecule has 51 heavy (non-hydrogen) atoms. The smallest absolute Gasteiger partial charge is 0.409 e. The van der Waals surface area contributed by atoms with Crippen molar-refractivity contribution in [1.29, 1.82) is 0 Å². The number of amides is 5. The first-order valence-corrected chi connectivity index (χ1v) is 17.6. The van der Waals surface area contributed by atoms with Crippen molar-refractivity contribution >= 4 is 46.6 Å². The lowest BCUT2D eigenvalue weighted by atomic mass is 10.1. The van der Waals surface area contributed by atoms with E-state index in [1.807, 2.05) is 0 Å². The highest BCUT2D eigenvalue weighted by Crippen LogP contribution is 2.28. The Labute approximate surface area is 295 Å². The van der Waals surface area contributed by atoms with Gasteiger partial charge in [-0.05, 0) is 58.1 Å². The molecule has 15 nitrogen and oxygen atoms in total. The zero-order chi connectivity index (χ0) is 36.5. The van der Waals surface area contributed by atoms with E-state index in [-0.39, 0.29) is 75.1 Å². The molecule has 276 valence electrons. The van der Waals surface area contributed by atoms with Crippen LogP contribution in [-0.2, 0) is 28.7 Å². The Kier molecular flexibility index (Phi) is 12.6. The van der Waals surface area contributed by atoms with Crippen LogP contribution in [0.5, 0.6) is 5.75 Å². The van der Waals surface area contributed by atoms with Crippen molar-refractivity contribution < 1.29 is 47.4 Å². The van der Waals surface area contributed by atoms with Crippen molar-refractivity contribution in [1.82, 2.24) is 29.9 Å². The number of esters is 1. The lowest BCUT2D eigenvalue weighted by Gasteiger charge is -2.36. The SMILES string of the molecule is CCOC(=O)CCC(NC(=O)c1cc(OCC(=O)N2CCCC2C(=O)N2CCCC2)c2ccc(F)cc2n1)C(=O)N1CCN(C(=O)OCC)CC1. The second-order valence-electron chi connectivity index (χ2n) is 12.6. The summed E-state index contributed by atoms with van der Waals surface area (Å²) in [5.74, 6) is -2.78. The fraction of sp³-hybridized carbons (Fsp3) is 0.571. The lowest BCUT2D eigenvalue weighted by molar-refractivity contribution is -0.144. The van der Waals surface area contributed by atoms with Crippen LogP contribution in [0.15, 0.2) is 24.3 Å². The summed E-state index contributed by atoms with van der Waals surface area (Å²) in [5, 5.41) is 3.02. The quantitative estimate of drug-likeness (QED) is 0.322. The first kappa shape index (κ1) is 37.2. The van der Waals surface area contributed by atoms with Crippen molar-refractivity contribution in [3.63, 3.8) is 0 Å². The number of carbonyl (C=O) groups is 6. The van der Waals surface area contributed by atoms with E-state index in [0.29, 0.717) is 37.9 Å². The Morgan fingerprint density at radius 2 is 1.59 bits per heavy atom. The van der Waals surface area contributed by atoms with E-state index in [0.717, 1.165) is 18.9 Å². The average molecular weight is 713 g/mol. The van der Waals surface area contributed by atoms with E-state index in [1.54, 1.807) is 18.7 Å². The molecule has 0 spiro atoms. The van der Waals surface area contributed by atoms with E-state index < -0.39 is 54.3 Å². The highest BCUT2D eigenvalue weighted by Gasteiger charge is 2.37. The van der Waals surface area contributed by atoms with Crippen LogP contribution in [0, 0.1) is 5.82 Å². The molecule has 1 N–H and O–H groups in total. The summed E-state index contributed by atoms with van der Waals surface area (Å²) in [6.07, 6.45) is 2.43. The van der Waals surface area contributed by atoms with Crippen LogP contribution in [-0.4, -0.2) is 138 Å². The van der Waals surface area contributed by atoms with Gasteiger partial charge >= 0.3 is 12.1 Å². The summed E-state index contributed by atoms with van der Waals surface area (Å²) in [6.45, 7) is 5.90. The minimum atomic E-state index is -1.16. The zero-order valence-corrected chi connectivity index (χ0v) is 29.1. The van der Waals surface area contributed by atoms with Crippen molar-refractivity contribution in [3.05, 3.63) is 35.8 Å². The molecule has 5 rings (SSSR count). The van der Waals surface area contributed by atoms with E-state index in [2.05, 4.69) is 10.3 Å². The highest BCUT2D eigenvalue weighted by molar-refractivity contribution is 5.99. The molecule has 1 aromatic heterocycles. The van der Waals surface area contributed by atoms with Crippen LogP contribution in [0.2, 0.25) is 0 Å². The van der Waals surface area contributed by atoms with Crippen LogP contribution < -0.4 is 10.1 Å². The van der Waals surface area contributed by atoms with E-state index in [9.17, 15) is 33.2 Å². The molecule has 2 aromatic rings. The molecular weight excluding hydrogens is 667 g/mol. The largest absolute Gasteiger partial charge is 0.483 e. The molecule has 4 heterocycles. The Bertz CT molecular complexity index is 1630. The summed E-state index contributed by atoms with van der Waals surface area (Å²) in [7, 11) is 0. The topological polar surface area (TPSA) is 168 Å². The number of aromatic nitrogens is 1. The molecule has 0 aliphatic carbocycles. The van der Waals surface area contributed by atoms with Crippen LogP contribution in [0.3, 0.4) is 0 Å². The van der Waals surface area contributed by atoms with Gasteiger partial charge in [-0.1, -0.05) is 0 Å². The third-order valence-electron chi connectivity index (χ3n) is 9.26. The number of likely N-dealkylation sites (tertiary alicyclic amines) is 2. The van der Waals surface area contributed by atoms with Gasteiger partial charge in [-0.15, -0.1) is 0 Å². The maximum atomic E-state index is 14.3. The summed E-state index contributed by atoms with van der Waals surface area (Å²) in [5.41, 5.74) is -0.127. The Morgan fingerprint density at radius 3 is 2.29 bits per heavy atom. The molecule has 0 bridgehead atoms. The maximum Gasteiger partial charge on any atom is 0.409 e. The maximum absolute atomic E-state index is 14.3. The van der Waals surface area contributed by atoms with Gasteiger partial charge in [-0.2, -0.15) is 0 Å². The van der Waals surface area contributed by atoms with Gasteiger partial charge in [0.05, 0.1) is 18.7 Å². The molecule has 2 atom stereocenters. The average Bonchev–Trinajstić information content (AvgIpc) is 3.85. The first-order chi connectivity index (χ1) is 24.6. The molecule has 0 radical (unpaired) electrons. The predicted molar refractivity (Wildman–Crippen MR) is 180 cm³/mol. The van der Waals surface area contributed by atoms with Gasteiger partial charge in [0.15, 0.2) is 6.61 Å². The molecule has 3 aliphatic rings. The minimum absolute atomic E-state index is 0.0601. The van der Waals surface area contributed by atoms with E-state index >= 15 is 0 Å². The number of ether oxygens (including phenoxy) is 3. The molecule has 0 saturated carbocycles. The Morgan fingerprint density at radius 1 is 0.882 bits per heavy atom. The molecule has 3 aliphatic heterocycles. The number of nitrogens with zero attached hydrogens (tertiary/aromatic N) is 5. The van der Waals surface area contributed by atoms with Crippen LogP contribution in [0.25, 0.3) is 10.9 Å². The normalized spacial score (nSPS) is 18.1. The van der Waals surface area contributed by atoms with Gasteiger partial charge in [-0.25, -0.2) is 14.2 Å². The van der Waals surface area contributed by atoms with Gasteiger partial charge < -0.3 is 39.1 Å². The lowest BCUT2D eigenvalue weighted by Crippen LogP contribution is -2.56. The molecule has 1 aromatic carbocycles. The number of fused-ring (bicyclic) bond motifs is 1. The van der Waals surface area contributed by atoms with Crippen molar-refractivity contribution in [2.75, 3.05) is 65.6 Å². The molecule has 5 amide bonds. The third-order valence-corrected chi connectivity index (χ3v) is 9.26. The minimum Gasteiger partial charge on any atom is -0.483 e. The number of carbonyl (C=O) groups excluding carboxylic acids is 6. The van der Waals surface area contributed by atoms with Crippen LogP contribution in [0.1, 0.15) is 62.9 Å². The fourth-order valence-corrected chi connectivity index (χ4v) is 6.63. The number of halogens is 1. The molecule has 3 saturated heterocycles. The Balaban J connectivity index is 1.31. The van der Waals surface area contributed by atoms with E-state index in [1.165, 1.54) is 32.9 Å². The Hall–Kier alpha value is -5.02. The van der Waals surface area contributed by atoms with Gasteiger partial charge in [0.1, 0.15) is 29.3 Å². The van der Waals surface area contributed by atoms with Crippen molar-refractivity contribution in [2.24, 2.45) is 0 Å². The number of benzene rings is 1. The number of pyridine rings is 1. The van der Waals surface area contributed by atoms with Crippen molar-refractivity contribution in [3.8, 4) is 5.75 Å². The first-order valence-electron chi connectivity index (χ1n) is 17.6. The number of rotatable bonds is 12. The van der Waals surface area contributed by atoms with Gasteiger partial charge in [0.25, 0.3) is 11.8 Å².